The second-order valence-electron chi connectivity index (χ2n) is 13.8. The maximum absolute atomic E-state index is 10.8. The van der Waals surface area contributed by atoms with Gasteiger partial charge in [-0.3, -0.25) is 0 Å². The van der Waals surface area contributed by atoms with Crippen molar-refractivity contribution in [2.45, 2.75) is 6.92 Å². The van der Waals surface area contributed by atoms with Gasteiger partial charge < -0.3 is 45.7 Å². The summed E-state index contributed by atoms with van der Waals surface area (Å²) in [6.45, 7) is 1.88. The molecule has 11 heteroatoms. The van der Waals surface area contributed by atoms with Crippen LogP contribution in [0.25, 0.3) is 90.9 Å². The van der Waals surface area contributed by atoms with Gasteiger partial charge in [-0.05, 0) is 132 Å². The summed E-state index contributed by atoms with van der Waals surface area (Å²) in [7, 11) is 0. The predicted octanol–water partition coefficient (Wildman–Crippen LogP) is 9.57. The molecule has 0 amide bonds. The Morgan fingerprint density at radius 1 is 0.339 bits per heavy atom. The standard InChI is InChI=1S/C45H32N4O7/c1-22-10-23(12-27(50)11-22)42-34-2-4-36(46-34)43(24-13-28(51)19-29(52)14-24)38-6-8-40(48-38)45(26-17-32(55)21-33(56)18-26)41-9-7-39(49-41)44(37-5-3-35(42)47-37)25-15-30(53)20-31(54)16-25/h2-21,46,49-56H,1H3. The van der Waals surface area contributed by atoms with Crippen LogP contribution in [0.5, 0.6) is 40.2 Å². The summed E-state index contributed by atoms with van der Waals surface area (Å²) in [6.07, 6.45) is 7.29. The van der Waals surface area contributed by atoms with Crippen LogP contribution < -0.4 is 0 Å². The van der Waals surface area contributed by atoms with E-state index in [1.807, 2.05) is 49.4 Å². The number of hydrogen-bond acceptors (Lipinski definition) is 9. The number of rotatable bonds is 4. The Morgan fingerprint density at radius 3 is 0.857 bits per heavy atom. The lowest BCUT2D eigenvalue weighted by Gasteiger charge is -2.09. The van der Waals surface area contributed by atoms with E-state index in [4.69, 9.17) is 9.97 Å². The highest BCUT2D eigenvalue weighted by Crippen LogP contribution is 2.41. The molecule has 0 atom stereocenters. The van der Waals surface area contributed by atoms with E-state index in [0.717, 1.165) is 5.56 Å². The first-order valence-electron chi connectivity index (χ1n) is 17.5. The van der Waals surface area contributed by atoms with E-state index in [9.17, 15) is 35.7 Å². The first kappa shape index (κ1) is 33.9. The van der Waals surface area contributed by atoms with Gasteiger partial charge in [-0.15, -0.1) is 0 Å². The number of phenols is 7. The third-order valence-corrected chi connectivity index (χ3v) is 9.68. The Bertz CT molecular complexity index is 2550. The molecule has 56 heavy (non-hydrogen) atoms. The summed E-state index contributed by atoms with van der Waals surface area (Å²) >= 11 is 0. The summed E-state index contributed by atoms with van der Waals surface area (Å²) in [5, 5.41) is 74.4. The SMILES string of the molecule is Cc1cc(O)cc(-c2c3nc(c(-c4cc(O)cc(O)c4)c4ccc([nH]4)c(-c4cc(O)cc(O)c4)c4nc(c(-c5cc(O)cc(O)c5)c5ccc2[nH]5)C=C4)C=C3)c1. The summed E-state index contributed by atoms with van der Waals surface area (Å²) in [5.41, 5.74) is 9.50. The molecule has 0 unspecified atom stereocenters. The lowest BCUT2D eigenvalue weighted by Crippen LogP contribution is -1.90. The van der Waals surface area contributed by atoms with Crippen LogP contribution in [0, 0.1) is 6.92 Å². The van der Waals surface area contributed by atoms with Gasteiger partial charge in [0.2, 0.25) is 0 Å². The van der Waals surface area contributed by atoms with E-state index < -0.39 is 0 Å². The molecule has 9 N–H and O–H groups in total. The van der Waals surface area contributed by atoms with Gasteiger partial charge in [0.15, 0.2) is 0 Å². The molecule has 7 aromatic rings. The first-order valence-corrected chi connectivity index (χ1v) is 17.5. The van der Waals surface area contributed by atoms with Gasteiger partial charge in [0.1, 0.15) is 40.2 Å². The van der Waals surface area contributed by atoms with Crippen molar-refractivity contribution in [3.05, 3.63) is 125 Å². The fourth-order valence-electron chi connectivity index (χ4n) is 7.55. The Labute approximate surface area is 318 Å². The average Bonchev–Trinajstić information content (AvgIpc) is 3.94. The molecular weight excluding hydrogens is 709 g/mol. The van der Waals surface area contributed by atoms with Crippen molar-refractivity contribution < 1.29 is 35.7 Å². The predicted molar refractivity (Wildman–Crippen MR) is 217 cm³/mol. The molecule has 0 radical (unpaired) electrons. The van der Waals surface area contributed by atoms with E-state index in [1.165, 1.54) is 54.6 Å². The number of H-pyrrole nitrogens is 2. The minimum Gasteiger partial charge on any atom is -0.508 e. The Hall–Kier alpha value is -7.92. The molecule has 5 heterocycles. The van der Waals surface area contributed by atoms with Crippen LogP contribution in [-0.4, -0.2) is 55.7 Å². The van der Waals surface area contributed by atoms with Gasteiger partial charge in [-0.25, -0.2) is 9.97 Å². The van der Waals surface area contributed by atoms with Crippen LogP contribution in [0.4, 0.5) is 0 Å². The third-order valence-electron chi connectivity index (χ3n) is 9.68. The van der Waals surface area contributed by atoms with Crippen molar-refractivity contribution in [2.75, 3.05) is 0 Å². The van der Waals surface area contributed by atoms with Crippen molar-refractivity contribution in [3.63, 3.8) is 0 Å². The van der Waals surface area contributed by atoms with Crippen molar-refractivity contribution >= 4 is 46.4 Å². The number of fused-ring (bicyclic) bond motifs is 8. The third kappa shape index (κ3) is 6.08. The van der Waals surface area contributed by atoms with Gasteiger partial charge in [0.25, 0.3) is 0 Å². The molecule has 0 spiro atoms. The number of benzene rings is 4. The van der Waals surface area contributed by atoms with Gasteiger partial charge in [-0.2, -0.15) is 0 Å². The summed E-state index contributed by atoms with van der Waals surface area (Å²) < 4.78 is 0. The van der Waals surface area contributed by atoms with E-state index in [0.29, 0.717) is 89.4 Å². The molecular formula is C45H32N4O7. The van der Waals surface area contributed by atoms with Gasteiger partial charge >= 0.3 is 0 Å². The Balaban J connectivity index is 1.50. The molecule has 2 aliphatic rings. The smallest absolute Gasteiger partial charge is 0.119 e. The largest absolute Gasteiger partial charge is 0.508 e. The van der Waals surface area contributed by atoms with Gasteiger partial charge in [-0.1, -0.05) is 6.07 Å². The Morgan fingerprint density at radius 2 is 0.589 bits per heavy atom. The lowest BCUT2D eigenvalue weighted by atomic mass is 10.0. The van der Waals surface area contributed by atoms with E-state index in [1.54, 1.807) is 24.3 Å². The molecule has 2 aliphatic heterocycles. The second kappa shape index (κ2) is 12.9. The van der Waals surface area contributed by atoms with Crippen LogP contribution in [0.3, 0.4) is 0 Å². The molecule has 4 aromatic carbocycles. The fourth-order valence-corrected chi connectivity index (χ4v) is 7.55. The van der Waals surface area contributed by atoms with Gasteiger partial charge in [0.05, 0.1) is 22.8 Å². The van der Waals surface area contributed by atoms with Crippen LogP contribution in [0.1, 0.15) is 28.3 Å². The van der Waals surface area contributed by atoms with Crippen molar-refractivity contribution in [1.29, 1.82) is 0 Å². The molecule has 0 saturated heterocycles. The molecule has 11 nitrogen and oxygen atoms in total. The highest BCUT2D eigenvalue weighted by atomic mass is 16.3. The summed E-state index contributed by atoms with van der Waals surface area (Å²) in [4.78, 5) is 17.2. The summed E-state index contributed by atoms with van der Waals surface area (Å²) in [5.74, 6) is -0.854. The van der Waals surface area contributed by atoms with E-state index in [-0.39, 0.29) is 40.2 Å². The zero-order valence-electron chi connectivity index (χ0n) is 29.6. The zero-order chi connectivity index (χ0) is 38.8. The highest BCUT2D eigenvalue weighted by molar-refractivity contribution is 6.00. The minimum absolute atomic E-state index is 0.0720. The minimum atomic E-state index is -0.162. The molecule has 0 aliphatic carbocycles. The van der Waals surface area contributed by atoms with Crippen LogP contribution in [0.2, 0.25) is 0 Å². The van der Waals surface area contributed by atoms with Gasteiger partial charge in [0, 0.05) is 62.5 Å². The first-order chi connectivity index (χ1) is 26.9. The van der Waals surface area contributed by atoms with Crippen LogP contribution in [0.15, 0.2) is 97.1 Å². The number of aromatic hydroxyl groups is 7. The zero-order valence-corrected chi connectivity index (χ0v) is 29.6. The van der Waals surface area contributed by atoms with Crippen molar-refractivity contribution in [1.82, 2.24) is 19.9 Å². The number of aromatic nitrogens is 4. The monoisotopic (exact) mass is 740 g/mol. The quantitative estimate of drug-likeness (QED) is 0.0843. The Kier molecular flexibility index (Phi) is 7.80. The maximum atomic E-state index is 10.8. The number of nitrogens with zero attached hydrogens (tertiary/aromatic N) is 2. The van der Waals surface area contributed by atoms with Crippen LogP contribution in [-0.2, 0) is 0 Å². The van der Waals surface area contributed by atoms with Crippen LogP contribution >= 0.6 is 0 Å². The van der Waals surface area contributed by atoms with Crippen molar-refractivity contribution in [2.24, 2.45) is 0 Å². The lowest BCUT2D eigenvalue weighted by molar-refractivity contribution is 0.450. The topological polar surface area (TPSA) is 199 Å². The molecule has 0 saturated carbocycles. The van der Waals surface area contributed by atoms with E-state index >= 15 is 0 Å². The maximum Gasteiger partial charge on any atom is 0.119 e. The molecule has 3 aromatic heterocycles. The average molecular weight is 741 g/mol. The van der Waals surface area contributed by atoms with E-state index in [2.05, 4.69) is 9.97 Å². The second-order valence-corrected chi connectivity index (χ2v) is 13.8. The number of aromatic amines is 2. The summed E-state index contributed by atoms with van der Waals surface area (Å²) in [6, 6.07) is 25.5. The molecule has 0 fully saturated rings. The van der Waals surface area contributed by atoms with Crippen molar-refractivity contribution in [3.8, 4) is 84.8 Å². The number of phenolic OH excluding ortho intramolecular Hbond substituents is 7. The molecule has 9 rings (SSSR count). The fraction of sp³-hybridized carbons (Fsp3) is 0.0222. The number of nitrogens with one attached hydrogen (secondary N) is 2. The molecule has 274 valence electrons. The molecule has 8 bridgehead atoms. The number of hydrogen-bond donors (Lipinski definition) is 9. The number of aryl methyl sites for hydroxylation is 1. The normalized spacial score (nSPS) is 12.0. The highest BCUT2D eigenvalue weighted by Gasteiger charge is 2.20.